The maximum absolute atomic E-state index is 12.1. The Morgan fingerprint density at radius 3 is 2.62 bits per heavy atom. The Labute approximate surface area is 125 Å². The SMILES string of the molecule is O=C(c1n[nH]c(=O)[nH]1)N1CC=C(c2ccc(Cl)cc2)CC1. The highest BCUT2D eigenvalue weighted by molar-refractivity contribution is 6.30. The molecule has 2 N–H and O–H groups in total. The number of nitrogens with one attached hydrogen (secondary N) is 2. The van der Waals surface area contributed by atoms with Crippen LogP contribution < -0.4 is 5.69 Å². The zero-order valence-electron chi connectivity index (χ0n) is 11.1. The number of aromatic amines is 2. The summed E-state index contributed by atoms with van der Waals surface area (Å²) in [5.41, 5.74) is 1.82. The summed E-state index contributed by atoms with van der Waals surface area (Å²) in [5, 5.41) is 6.55. The molecule has 1 amide bonds. The molecule has 0 fully saturated rings. The van der Waals surface area contributed by atoms with Gasteiger partial charge in [-0.2, -0.15) is 0 Å². The lowest BCUT2D eigenvalue weighted by Gasteiger charge is -2.25. The number of amides is 1. The van der Waals surface area contributed by atoms with Crippen molar-refractivity contribution in [3.63, 3.8) is 0 Å². The largest absolute Gasteiger partial charge is 0.341 e. The molecule has 1 aromatic carbocycles. The quantitative estimate of drug-likeness (QED) is 0.885. The first-order valence-corrected chi connectivity index (χ1v) is 6.90. The maximum Gasteiger partial charge on any atom is 0.341 e. The smallest absolute Gasteiger partial charge is 0.332 e. The fourth-order valence-corrected chi connectivity index (χ4v) is 2.43. The van der Waals surface area contributed by atoms with Crippen molar-refractivity contribution < 1.29 is 4.79 Å². The highest BCUT2D eigenvalue weighted by Gasteiger charge is 2.21. The Hall–Kier alpha value is -2.34. The number of hydrogen-bond acceptors (Lipinski definition) is 3. The van der Waals surface area contributed by atoms with Crippen molar-refractivity contribution in [1.82, 2.24) is 20.1 Å². The van der Waals surface area contributed by atoms with E-state index in [4.69, 9.17) is 11.6 Å². The number of carbonyl (C=O) groups is 1. The Balaban J connectivity index is 1.73. The topological polar surface area (TPSA) is 81.8 Å². The highest BCUT2D eigenvalue weighted by Crippen LogP contribution is 2.24. The lowest BCUT2D eigenvalue weighted by molar-refractivity contribution is 0.0761. The number of rotatable bonds is 2. The summed E-state index contributed by atoms with van der Waals surface area (Å²) in [4.78, 5) is 27.1. The fraction of sp³-hybridized carbons (Fsp3) is 0.214. The fourth-order valence-electron chi connectivity index (χ4n) is 2.30. The molecular formula is C14H13ClN4O2. The van der Waals surface area contributed by atoms with Crippen LogP contribution in [0, 0.1) is 0 Å². The van der Waals surface area contributed by atoms with Crippen molar-refractivity contribution in [3.8, 4) is 0 Å². The van der Waals surface area contributed by atoms with Crippen LogP contribution in [-0.4, -0.2) is 39.1 Å². The molecule has 6 nitrogen and oxygen atoms in total. The Bertz CT molecular complexity index is 745. The first kappa shape index (κ1) is 13.6. The number of H-pyrrole nitrogens is 2. The van der Waals surface area contributed by atoms with E-state index in [2.05, 4.69) is 15.2 Å². The third-order valence-corrected chi connectivity index (χ3v) is 3.67. The molecule has 108 valence electrons. The second-order valence-electron chi connectivity index (χ2n) is 4.76. The Morgan fingerprint density at radius 2 is 2.05 bits per heavy atom. The minimum absolute atomic E-state index is 0.0448. The summed E-state index contributed by atoms with van der Waals surface area (Å²) in [6.07, 6.45) is 2.76. The molecule has 2 heterocycles. The summed E-state index contributed by atoms with van der Waals surface area (Å²) in [7, 11) is 0. The van der Waals surface area contributed by atoms with Gasteiger partial charge in [0.25, 0.3) is 5.91 Å². The van der Waals surface area contributed by atoms with Gasteiger partial charge in [0.1, 0.15) is 0 Å². The van der Waals surface area contributed by atoms with E-state index in [1.807, 2.05) is 30.3 Å². The molecule has 2 aromatic rings. The van der Waals surface area contributed by atoms with Crippen molar-refractivity contribution in [1.29, 1.82) is 0 Å². The van der Waals surface area contributed by atoms with E-state index in [1.54, 1.807) is 4.90 Å². The number of hydrogen-bond donors (Lipinski definition) is 2. The van der Waals surface area contributed by atoms with E-state index < -0.39 is 5.69 Å². The van der Waals surface area contributed by atoms with Crippen LogP contribution in [0.15, 0.2) is 35.1 Å². The van der Waals surface area contributed by atoms with Crippen molar-refractivity contribution >= 4 is 23.1 Å². The first-order valence-electron chi connectivity index (χ1n) is 6.52. The zero-order chi connectivity index (χ0) is 14.8. The van der Waals surface area contributed by atoms with Gasteiger partial charge in [-0.25, -0.2) is 9.89 Å². The van der Waals surface area contributed by atoms with Gasteiger partial charge < -0.3 is 4.90 Å². The predicted molar refractivity (Wildman–Crippen MR) is 79.2 cm³/mol. The van der Waals surface area contributed by atoms with Gasteiger partial charge in [0.15, 0.2) is 0 Å². The minimum Gasteiger partial charge on any atom is -0.332 e. The monoisotopic (exact) mass is 304 g/mol. The summed E-state index contributed by atoms with van der Waals surface area (Å²) >= 11 is 5.87. The van der Waals surface area contributed by atoms with Gasteiger partial charge in [-0.3, -0.25) is 9.78 Å². The third-order valence-electron chi connectivity index (χ3n) is 3.42. The lowest BCUT2D eigenvalue weighted by atomic mass is 9.99. The molecule has 7 heteroatoms. The van der Waals surface area contributed by atoms with Crippen LogP contribution in [0.3, 0.4) is 0 Å². The van der Waals surface area contributed by atoms with Gasteiger partial charge in [0, 0.05) is 18.1 Å². The summed E-state index contributed by atoms with van der Waals surface area (Å²) in [6.45, 7) is 1.08. The van der Waals surface area contributed by atoms with Gasteiger partial charge in [0.05, 0.1) is 0 Å². The Kier molecular flexibility index (Phi) is 3.62. The normalized spacial score (nSPS) is 14.9. The number of halogens is 1. The summed E-state index contributed by atoms with van der Waals surface area (Å²) < 4.78 is 0. The zero-order valence-corrected chi connectivity index (χ0v) is 11.9. The van der Waals surface area contributed by atoms with Crippen molar-refractivity contribution in [2.24, 2.45) is 0 Å². The number of benzene rings is 1. The second-order valence-corrected chi connectivity index (χ2v) is 5.20. The van der Waals surface area contributed by atoms with Gasteiger partial charge in [-0.1, -0.05) is 29.8 Å². The number of aromatic nitrogens is 3. The van der Waals surface area contributed by atoms with Crippen LogP contribution >= 0.6 is 11.6 Å². The van der Waals surface area contributed by atoms with Gasteiger partial charge in [-0.15, -0.1) is 5.10 Å². The highest BCUT2D eigenvalue weighted by atomic mass is 35.5. The van der Waals surface area contributed by atoms with E-state index >= 15 is 0 Å². The molecule has 0 saturated carbocycles. The maximum atomic E-state index is 12.1. The summed E-state index contributed by atoms with van der Waals surface area (Å²) in [5.74, 6) is -0.233. The van der Waals surface area contributed by atoms with Gasteiger partial charge >= 0.3 is 5.69 Å². The molecule has 0 radical (unpaired) electrons. The molecule has 3 rings (SSSR count). The average molecular weight is 305 g/mol. The molecule has 0 unspecified atom stereocenters. The van der Waals surface area contributed by atoms with E-state index in [-0.39, 0.29) is 11.7 Å². The minimum atomic E-state index is -0.479. The molecule has 21 heavy (non-hydrogen) atoms. The molecule has 0 spiro atoms. The molecular weight excluding hydrogens is 292 g/mol. The van der Waals surface area contributed by atoms with Crippen LogP contribution in [0.5, 0.6) is 0 Å². The van der Waals surface area contributed by atoms with Crippen LogP contribution in [0.1, 0.15) is 22.6 Å². The van der Waals surface area contributed by atoms with Gasteiger partial charge in [0.2, 0.25) is 5.82 Å². The van der Waals surface area contributed by atoms with Crippen molar-refractivity contribution in [3.05, 3.63) is 57.2 Å². The number of carbonyl (C=O) groups excluding carboxylic acids is 1. The van der Waals surface area contributed by atoms with E-state index in [9.17, 15) is 9.59 Å². The standard InChI is InChI=1S/C14H13ClN4O2/c15-11-3-1-9(2-4-11)10-5-7-19(8-6-10)13(20)12-16-14(21)18-17-12/h1-5H,6-8H2,(H2,16,17,18,21). The molecule has 1 aliphatic heterocycles. The van der Waals surface area contributed by atoms with Crippen molar-refractivity contribution in [2.45, 2.75) is 6.42 Å². The van der Waals surface area contributed by atoms with E-state index in [1.165, 1.54) is 5.57 Å². The number of nitrogens with zero attached hydrogens (tertiary/aromatic N) is 2. The average Bonchev–Trinajstić information content (AvgIpc) is 2.94. The van der Waals surface area contributed by atoms with Crippen LogP contribution in [-0.2, 0) is 0 Å². The Morgan fingerprint density at radius 1 is 1.29 bits per heavy atom. The summed E-state index contributed by atoms with van der Waals surface area (Å²) in [6, 6.07) is 7.64. The lowest BCUT2D eigenvalue weighted by Crippen LogP contribution is -2.35. The van der Waals surface area contributed by atoms with Crippen molar-refractivity contribution in [2.75, 3.05) is 13.1 Å². The molecule has 0 atom stereocenters. The predicted octanol–water partition coefficient (Wildman–Crippen LogP) is 1.68. The molecule has 1 aromatic heterocycles. The second kappa shape index (κ2) is 5.57. The van der Waals surface area contributed by atoms with E-state index in [0.717, 1.165) is 12.0 Å². The van der Waals surface area contributed by atoms with E-state index in [0.29, 0.717) is 18.1 Å². The van der Waals surface area contributed by atoms with Crippen LogP contribution in [0.2, 0.25) is 5.02 Å². The first-order chi connectivity index (χ1) is 10.1. The molecule has 0 bridgehead atoms. The molecule has 1 aliphatic rings. The molecule has 0 aliphatic carbocycles. The van der Waals surface area contributed by atoms with Crippen LogP contribution in [0.25, 0.3) is 5.57 Å². The van der Waals surface area contributed by atoms with Crippen LogP contribution in [0.4, 0.5) is 0 Å². The molecule has 0 saturated heterocycles. The third kappa shape index (κ3) is 2.90. The van der Waals surface area contributed by atoms with Gasteiger partial charge in [-0.05, 0) is 29.7 Å².